The summed E-state index contributed by atoms with van der Waals surface area (Å²) in [4.78, 5) is 11.0. The molecule has 94 valence electrons. The van der Waals surface area contributed by atoms with Crippen LogP contribution in [0.4, 0.5) is 0 Å². The first-order chi connectivity index (χ1) is 8.70. The number of nitrogens with zero attached hydrogens (tertiary/aromatic N) is 2. The lowest BCUT2D eigenvalue weighted by Gasteiger charge is -1.98. The fraction of sp³-hybridized carbons (Fsp3) is 0.250. The van der Waals surface area contributed by atoms with E-state index in [2.05, 4.69) is 14.9 Å². The Morgan fingerprint density at radius 1 is 1.39 bits per heavy atom. The monoisotopic (exact) mass is 264 g/mol. The van der Waals surface area contributed by atoms with E-state index in [1.807, 2.05) is 31.2 Å². The average molecular weight is 264 g/mol. The van der Waals surface area contributed by atoms with Crippen LogP contribution in [0.5, 0.6) is 0 Å². The van der Waals surface area contributed by atoms with Crippen LogP contribution in [0.25, 0.3) is 11.5 Å². The Balaban J connectivity index is 2.11. The zero-order chi connectivity index (χ0) is 13.0. The highest BCUT2D eigenvalue weighted by Gasteiger charge is 2.12. The van der Waals surface area contributed by atoms with E-state index >= 15 is 0 Å². The summed E-state index contributed by atoms with van der Waals surface area (Å²) in [6.07, 6.45) is 0. The minimum atomic E-state index is -0.323. The number of carbonyl (C=O) groups excluding carboxylic acids is 1. The van der Waals surface area contributed by atoms with Crippen LogP contribution in [0.3, 0.4) is 0 Å². The SMILES string of the molecule is COC(=O)CSc1nnc(-c2ccccc2C)o1. The number of esters is 1. The standard InChI is InChI=1S/C12H12N2O3S/c1-8-5-3-4-6-9(8)11-13-14-12(17-11)18-7-10(15)16-2/h3-6H,7H2,1-2H3. The minimum Gasteiger partial charge on any atom is -0.468 e. The zero-order valence-electron chi connectivity index (χ0n) is 10.0. The quantitative estimate of drug-likeness (QED) is 0.623. The molecule has 1 heterocycles. The number of aryl methyl sites for hydroxylation is 1. The molecule has 0 fully saturated rings. The predicted molar refractivity (Wildman–Crippen MR) is 67.2 cm³/mol. The molecule has 0 unspecified atom stereocenters. The van der Waals surface area contributed by atoms with E-state index in [0.717, 1.165) is 22.9 Å². The van der Waals surface area contributed by atoms with Gasteiger partial charge in [-0.3, -0.25) is 4.79 Å². The number of hydrogen-bond donors (Lipinski definition) is 0. The van der Waals surface area contributed by atoms with E-state index in [4.69, 9.17) is 4.42 Å². The molecule has 0 aliphatic carbocycles. The summed E-state index contributed by atoms with van der Waals surface area (Å²) in [6, 6.07) is 7.74. The molecule has 0 aliphatic heterocycles. The van der Waals surface area contributed by atoms with Crippen molar-refractivity contribution in [2.24, 2.45) is 0 Å². The molecule has 0 aliphatic rings. The number of hydrogen-bond acceptors (Lipinski definition) is 6. The lowest BCUT2D eigenvalue weighted by molar-refractivity contribution is -0.137. The van der Waals surface area contributed by atoms with Gasteiger partial charge in [-0.15, -0.1) is 10.2 Å². The first-order valence-electron chi connectivity index (χ1n) is 5.30. The lowest BCUT2D eigenvalue weighted by Crippen LogP contribution is -2.02. The van der Waals surface area contributed by atoms with E-state index in [9.17, 15) is 4.79 Å². The van der Waals surface area contributed by atoms with Crippen LogP contribution in [-0.4, -0.2) is 29.0 Å². The summed E-state index contributed by atoms with van der Waals surface area (Å²) in [5.74, 6) is 0.294. The summed E-state index contributed by atoms with van der Waals surface area (Å²) in [7, 11) is 1.34. The Hall–Kier alpha value is -1.82. The predicted octanol–water partition coefficient (Wildman–Crippen LogP) is 2.31. The van der Waals surface area contributed by atoms with Gasteiger partial charge in [-0.25, -0.2) is 0 Å². The third kappa shape index (κ3) is 2.89. The van der Waals surface area contributed by atoms with E-state index < -0.39 is 0 Å². The van der Waals surface area contributed by atoms with Crippen LogP contribution < -0.4 is 0 Å². The number of ether oxygens (including phenoxy) is 1. The van der Waals surface area contributed by atoms with Crippen molar-refractivity contribution < 1.29 is 13.9 Å². The summed E-state index contributed by atoms with van der Waals surface area (Å²) in [5.41, 5.74) is 1.96. The maximum absolute atomic E-state index is 11.0. The molecule has 0 saturated heterocycles. The normalized spacial score (nSPS) is 10.3. The fourth-order valence-corrected chi connectivity index (χ4v) is 1.96. The highest BCUT2D eigenvalue weighted by atomic mass is 32.2. The van der Waals surface area contributed by atoms with E-state index in [1.165, 1.54) is 7.11 Å². The Morgan fingerprint density at radius 3 is 2.89 bits per heavy atom. The van der Waals surface area contributed by atoms with Gasteiger partial charge in [0.1, 0.15) is 5.75 Å². The van der Waals surface area contributed by atoms with Crippen molar-refractivity contribution in [1.29, 1.82) is 0 Å². The van der Waals surface area contributed by atoms with Gasteiger partial charge < -0.3 is 9.15 Å². The van der Waals surface area contributed by atoms with Gasteiger partial charge >= 0.3 is 5.97 Å². The molecule has 6 heteroatoms. The van der Waals surface area contributed by atoms with Gasteiger partial charge in [0.25, 0.3) is 5.22 Å². The van der Waals surface area contributed by atoms with Gasteiger partial charge in [0, 0.05) is 5.56 Å². The van der Waals surface area contributed by atoms with Crippen molar-refractivity contribution in [2.45, 2.75) is 12.1 Å². The number of thioether (sulfide) groups is 1. The van der Waals surface area contributed by atoms with Gasteiger partial charge in [0.15, 0.2) is 0 Å². The fourth-order valence-electron chi connectivity index (χ4n) is 1.37. The molecule has 0 saturated carbocycles. The molecule has 1 aromatic heterocycles. The van der Waals surface area contributed by atoms with Gasteiger partial charge in [0.05, 0.1) is 7.11 Å². The molecule has 2 rings (SSSR count). The van der Waals surface area contributed by atoms with Crippen molar-refractivity contribution in [3.05, 3.63) is 29.8 Å². The van der Waals surface area contributed by atoms with E-state index in [-0.39, 0.29) is 11.7 Å². The molecular formula is C12H12N2O3S. The number of aromatic nitrogens is 2. The van der Waals surface area contributed by atoms with E-state index in [1.54, 1.807) is 0 Å². The van der Waals surface area contributed by atoms with Crippen molar-refractivity contribution in [3.8, 4) is 11.5 Å². The first-order valence-corrected chi connectivity index (χ1v) is 6.28. The molecule has 0 atom stereocenters. The van der Waals surface area contributed by atoms with Crippen molar-refractivity contribution in [3.63, 3.8) is 0 Å². The Kier molecular flexibility index (Phi) is 3.99. The highest BCUT2D eigenvalue weighted by Crippen LogP contribution is 2.25. The summed E-state index contributed by atoms with van der Waals surface area (Å²) < 4.78 is 10.0. The molecule has 0 N–H and O–H groups in total. The zero-order valence-corrected chi connectivity index (χ0v) is 10.9. The number of rotatable bonds is 4. The molecule has 5 nitrogen and oxygen atoms in total. The third-order valence-electron chi connectivity index (χ3n) is 2.32. The van der Waals surface area contributed by atoms with Crippen molar-refractivity contribution >= 4 is 17.7 Å². The molecule has 0 bridgehead atoms. The van der Waals surface area contributed by atoms with Crippen LogP contribution >= 0.6 is 11.8 Å². The van der Waals surface area contributed by atoms with Gasteiger partial charge in [-0.1, -0.05) is 30.0 Å². The summed E-state index contributed by atoms with van der Waals surface area (Å²) in [6.45, 7) is 1.97. The maximum atomic E-state index is 11.0. The molecule has 2 aromatic rings. The van der Waals surface area contributed by atoms with Crippen molar-refractivity contribution in [1.82, 2.24) is 10.2 Å². The lowest BCUT2D eigenvalue weighted by atomic mass is 10.1. The molecule has 18 heavy (non-hydrogen) atoms. The molecular weight excluding hydrogens is 252 g/mol. The van der Waals surface area contributed by atoms with E-state index in [0.29, 0.717) is 11.1 Å². The smallest absolute Gasteiger partial charge is 0.316 e. The molecule has 1 aromatic carbocycles. The van der Waals surface area contributed by atoms with Crippen LogP contribution in [-0.2, 0) is 9.53 Å². The van der Waals surface area contributed by atoms with Crippen LogP contribution in [0.2, 0.25) is 0 Å². The Morgan fingerprint density at radius 2 is 2.17 bits per heavy atom. The third-order valence-corrected chi connectivity index (χ3v) is 3.12. The second-order valence-electron chi connectivity index (χ2n) is 3.55. The summed E-state index contributed by atoms with van der Waals surface area (Å²) >= 11 is 1.16. The topological polar surface area (TPSA) is 65.2 Å². The maximum Gasteiger partial charge on any atom is 0.316 e. The van der Waals surface area contributed by atoms with Crippen LogP contribution in [0.15, 0.2) is 33.9 Å². The molecule has 0 radical (unpaired) electrons. The van der Waals surface area contributed by atoms with Crippen LogP contribution in [0, 0.1) is 6.92 Å². The highest BCUT2D eigenvalue weighted by molar-refractivity contribution is 7.99. The van der Waals surface area contributed by atoms with Gasteiger partial charge in [-0.05, 0) is 18.6 Å². The van der Waals surface area contributed by atoms with Crippen LogP contribution in [0.1, 0.15) is 5.56 Å². The second-order valence-corrected chi connectivity index (χ2v) is 4.48. The number of carbonyl (C=O) groups is 1. The molecule has 0 spiro atoms. The second kappa shape index (κ2) is 5.68. The van der Waals surface area contributed by atoms with Gasteiger partial charge in [-0.2, -0.15) is 0 Å². The Bertz CT molecular complexity index is 554. The first kappa shape index (κ1) is 12.6. The number of methoxy groups -OCH3 is 1. The summed E-state index contributed by atoms with van der Waals surface area (Å²) in [5, 5.41) is 8.20. The largest absolute Gasteiger partial charge is 0.468 e. The van der Waals surface area contributed by atoms with Crippen molar-refractivity contribution in [2.75, 3.05) is 12.9 Å². The minimum absolute atomic E-state index is 0.159. The average Bonchev–Trinajstić information content (AvgIpc) is 2.85. The number of benzene rings is 1. The molecule has 0 amide bonds. The Labute approximate surface area is 109 Å². The van der Waals surface area contributed by atoms with Gasteiger partial charge in [0.2, 0.25) is 5.89 Å².